The van der Waals surface area contributed by atoms with Gasteiger partial charge in [-0.15, -0.1) is 0 Å². The van der Waals surface area contributed by atoms with Crippen LogP contribution in [0.4, 0.5) is 18.9 Å². The minimum Gasteiger partial charge on any atom is -0.482 e. The van der Waals surface area contributed by atoms with Crippen LogP contribution in [0.1, 0.15) is 12.0 Å². The Labute approximate surface area is 207 Å². The van der Waals surface area contributed by atoms with Crippen molar-refractivity contribution < 1.29 is 17.9 Å². The van der Waals surface area contributed by atoms with Crippen molar-refractivity contribution in [2.75, 3.05) is 44.2 Å². The summed E-state index contributed by atoms with van der Waals surface area (Å²) in [4.78, 5) is 29.4. The predicted molar refractivity (Wildman–Crippen MR) is 132 cm³/mol. The number of aromatic nitrogens is 2. The molecule has 1 saturated heterocycles. The zero-order valence-electron chi connectivity index (χ0n) is 19.9. The fraction of sp³-hybridized carbons (Fsp3) is 0.385. The third kappa shape index (κ3) is 6.78. The first kappa shape index (κ1) is 25.6. The lowest BCUT2D eigenvalue weighted by Crippen LogP contribution is -2.47. The zero-order valence-corrected chi connectivity index (χ0v) is 19.9. The Morgan fingerprint density at radius 2 is 1.53 bits per heavy atom. The highest BCUT2D eigenvalue weighted by atomic mass is 19.4. The number of para-hydroxylation sites is 2. The number of piperazine rings is 1. The number of anilines is 1. The van der Waals surface area contributed by atoms with Gasteiger partial charge in [0.25, 0.3) is 5.56 Å². The van der Waals surface area contributed by atoms with Crippen LogP contribution in [-0.2, 0) is 13.1 Å². The molecule has 0 aliphatic carbocycles. The Kier molecular flexibility index (Phi) is 8.14. The van der Waals surface area contributed by atoms with E-state index in [1.807, 2.05) is 35.2 Å². The summed E-state index contributed by atoms with van der Waals surface area (Å²) in [7, 11) is 0. The number of alkyl halides is 3. The molecule has 192 valence electrons. The molecule has 1 aliphatic heterocycles. The Balaban J connectivity index is 1.30. The maximum atomic E-state index is 12.8. The quantitative estimate of drug-likeness (QED) is 0.450. The molecule has 0 amide bonds. The second-order valence-corrected chi connectivity index (χ2v) is 8.76. The predicted octanol–water partition coefficient (Wildman–Crippen LogP) is 3.21. The lowest BCUT2D eigenvalue weighted by molar-refractivity contribution is -0.153. The minimum atomic E-state index is -4.39. The Morgan fingerprint density at radius 1 is 0.833 bits per heavy atom. The summed E-state index contributed by atoms with van der Waals surface area (Å²) in [5.41, 5.74) is 0.987. The third-order valence-corrected chi connectivity index (χ3v) is 6.16. The van der Waals surface area contributed by atoms with Gasteiger partial charge < -0.3 is 9.64 Å². The monoisotopic (exact) mass is 502 g/mol. The number of benzene rings is 2. The summed E-state index contributed by atoms with van der Waals surface area (Å²) in [6.07, 6.45) is -2.23. The molecule has 0 radical (unpaired) electrons. The Bertz CT molecular complexity index is 1250. The van der Waals surface area contributed by atoms with Gasteiger partial charge in [-0.3, -0.25) is 18.8 Å². The summed E-state index contributed by atoms with van der Waals surface area (Å²) in [6.45, 7) is 2.82. The molecular formula is C26H29F3N4O3. The third-order valence-electron chi connectivity index (χ3n) is 6.16. The zero-order chi connectivity index (χ0) is 25.5. The minimum absolute atomic E-state index is 0.221. The van der Waals surface area contributed by atoms with Crippen molar-refractivity contribution in [2.24, 2.45) is 0 Å². The van der Waals surface area contributed by atoms with Crippen LogP contribution in [0.2, 0.25) is 0 Å². The van der Waals surface area contributed by atoms with E-state index in [4.69, 9.17) is 4.74 Å². The van der Waals surface area contributed by atoms with Gasteiger partial charge in [-0.2, -0.15) is 13.2 Å². The van der Waals surface area contributed by atoms with Crippen molar-refractivity contribution in [3.63, 3.8) is 0 Å². The second-order valence-electron chi connectivity index (χ2n) is 8.76. The highest BCUT2D eigenvalue weighted by Crippen LogP contribution is 2.30. The molecule has 0 N–H and O–H groups in total. The van der Waals surface area contributed by atoms with E-state index in [-0.39, 0.29) is 17.0 Å². The fourth-order valence-electron chi connectivity index (χ4n) is 4.33. The van der Waals surface area contributed by atoms with Crippen molar-refractivity contribution >= 4 is 5.69 Å². The van der Waals surface area contributed by atoms with Crippen LogP contribution in [0.3, 0.4) is 0 Å². The van der Waals surface area contributed by atoms with E-state index in [0.717, 1.165) is 18.7 Å². The lowest BCUT2D eigenvalue weighted by Gasteiger charge is -2.36. The maximum Gasteiger partial charge on any atom is 0.422 e. The molecule has 0 atom stereocenters. The summed E-state index contributed by atoms with van der Waals surface area (Å²) >= 11 is 0. The van der Waals surface area contributed by atoms with Gasteiger partial charge in [-0.05, 0) is 30.7 Å². The van der Waals surface area contributed by atoms with Crippen molar-refractivity contribution in [3.05, 3.63) is 93.3 Å². The molecule has 1 fully saturated rings. The highest BCUT2D eigenvalue weighted by molar-refractivity contribution is 5.58. The maximum absolute atomic E-state index is 12.8. The first-order valence-electron chi connectivity index (χ1n) is 11.9. The van der Waals surface area contributed by atoms with Crippen molar-refractivity contribution in [1.29, 1.82) is 0 Å². The van der Waals surface area contributed by atoms with Crippen LogP contribution in [0.5, 0.6) is 5.75 Å². The second kappa shape index (κ2) is 11.5. The Hall–Kier alpha value is -3.53. The van der Waals surface area contributed by atoms with Gasteiger partial charge in [0.05, 0.1) is 12.2 Å². The molecule has 7 nitrogen and oxygen atoms in total. The van der Waals surface area contributed by atoms with Crippen LogP contribution < -0.4 is 20.9 Å². The summed E-state index contributed by atoms with van der Waals surface area (Å²) < 4.78 is 45.6. The molecule has 36 heavy (non-hydrogen) atoms. The SMILES string of the molecule is O=c1ccn(Cc2ccccc2)c(=O)n1CCCN1CCN(c2ccccc2OCC(F)(F)F)CC1. The molecule has 2 heterocycles. The molecule has 3 aromatic rings. The van der Waals surface area contributed by atoms with Crippen molar-refractivity contribution in [1.82, 2.24) is 14.0 Å². The van der Waals surface area contributed by atoms with Gasteiger partial charge in [0.15, 0.2) is 6.61 Å². The molecule has 0 saturated carbocycles. The smallest absolute Gasteiger partial charge is 0.422 e. The van der Waals surface area contributed by atoms with Gasteiger partial charge in [-0.25, -0.2) is 4.79 Å². The van der Waals surface area contributed by atoms with E-state index >= 15 is 0 Å². The summed E-state index contributed by atoms with van der Waals surface area (Å²) in [5.74, 6) is 0.221. The van der Waals surface area contributed by atoms with Gasteiger partial charge >= 0.3 is 11.9 Å². The van der Waals surface area contributed by atoms with E-state index in [9.17, 15) is 22.8 Å². The first-order valence-corrected chi connectivity index (χ1v) is 11.9. The average Bonchev–Trinajstić information content (AvgIpc) is 2.87. The molecular weight excluding hydrogens is 473 g/mol. The number of ether oxygens (including phenoxy) is 1. The molecule has 4 rings (SSSR count). The van der Waals surface area contributed by atoms with E-state index < -0.39 is 12.8 Å². The van der Waals surface area contributed by atoms with E-state index in [1.165, 1.54) is 21.4 Å². The normalized spacial score (nSPS) is 14.7. The number of rotatable bonds is 9. The van der Waals surface area contributed by atoms with Gasteiger partial charge in [0.1, 0.15) is 5.75 Å². The molecule has 1 aromatic heterocycles. The van der Waals surface area contributed by atoms with Crippen LogP contribution in [-0.4, -0.2) is 59.5 Å². The average molecular weight is 503 g/mol. The summed E-state index contributed by atoms with van der Waals surface area (Å²) in [5, 5.41) is 0. The fourth-order valence-corrected chi connectivity index (χ4v) is 4.33. The van der Waals surface area contributed by atoms with E-state index in [1.54, 1.807) is 24.3 Å². The molecule has 2 aromatic carbocycles. The van der Waals surface area contributed by atoms with Crippen molar-refractivity contribution in [2.45, 2.75) is 25.7 Å². The number of hydrogen-bond donors (Lipinski definition) is 0. The molecule has 1 aliphatic rings. The van der Waals surface area contributed by atoms with Crippen LogP contribution >= 0.6 is 0 Å². The topological polar surface area (TPSA) is 59.7 Å². The summed E-state index contributed by atoms with van der Waals surface area (Å²) in [6, 6.07) is 17.8. The van der Waals surface area contributed by atoms with Crippen molar-refractivity contribution in [3.8, 4) is 5.75 Å². The molecule has 0 spiro atoms. The van der Waals surface area contributed by atoms with Crippen LogP contribution in [0, 0.1) is 0 Å². The van der Waals surface area contributed by atoms with Crippen LogP contribution in [0.15, 0.2) is 76.4 Å². The number of hydrogen-bond acceptors (Lipinski definition) is 5. The Morgan fingerprint density at radius 3 is 2.25 bits per heavy atom. The van der Waals surface area contributed by atoms with E-state index in [0.29, 0.717) is 44.8 Å². The lowest BCUT2D eigenvalue weighted by atomic mass is 10.2. The molecule has 10 heteroatoms. The number of halogens is 3. The standard InChI is InChI=1S/C26H29F3N4O3/c27-26(28,29)20-36-23-10-5-4-9-22(23)31-17-15-30(16-18-31)12-6-13-33-24(34)11-14-32(25(33)35)19-21-7-2-1-3-8-21/h1-5,7-11,14H,6,12-13,15-20H2. The van der Waals surface area contributed by atoms with Gasteiger partial charge in [0, 0.05) is 45.0 Å². The van der Waals surface area contributed by atoms with E-state index in [2.05, 4.69) is 4.90 Å². The largest absolute Gasteiger partial charge is 0.482 e. The van der Waals surface area contributed by atoms with Gasteiger partial charge in [-0.1, -0.05) is 42.5 Å². The molecule has 0 bridgehead atoms. The van der Waals surface area contributed by atoms with Gasteiger partial charge in [0.2, 0.25) is 0 Å². The number of nitrogens with zero attached hydrogens (tertiary/aromatic N) is 4. The van der Waals surface area contributed by atoms with Crippen LogP contribution in [0.25, 0.3) is 0 Å². The first-order chi connectivity index (χ1) is 17.3. The highest BCUT2D eigenvalue weighted by Gasteiger charge is 2.29. The molecule has 0 unspecified atom stereocenters.